The monoisotopic (exact) mass is 341 g/mol. The molecule has 1 fully saturated rings. The lowest BCUT2D eigenvalue weighted by Crippen LogP contribution is -2.44. The Balaban J connectivity index is 2.49. The molecule has 1 radical (unpaired) electrons. The van der Waals surface area contributed by atoms with Gasteiger partial charge in [-0.15, -0.1) is 10.3 Å². The van der Waals surface area contributed by atoms with E-state index in [-0.39, 0.29) is 5.69 Å². The minimum absolute atomic E-state index is 0.0682. The standard InChI is InChI=1S/C14H18BrN2O3/c1-13(2)6-7-14(3,17(13)20)11-5-4-10(9-15)12(8-11)16(18)19/h4-5,8H,6-7,9H2,1-3H3. The summed E-state index contributed by atoms with van der Waals surface area (Å²) >= 11 is 3.25. The van der Waals surface area contributed by atoms with Gasteiger partial charge in [-0.3, -0.25) is 10.1 Å². The molecule has 0 N–H and O–H groups in total. The molecule has 0 saturated carbocycles. The van der Waals surface area contributed by atoms with Gasteiger partial charge in [0.25, 0.3) is 5.69 Å². The Morgan fingerprint density at radius 1 is 1.35 bits per heavy atom. The summed E-state index contributed by atoms with van der Waals surface area (Å²) in [4.78, 5) is 10.8. The van der Waals surface area contributed by atoms with E-state index in [2.05, 4.69) is 15.9 Å². The SMILES string of the molecule is CC1(C)CCC(C)(c2ccc(CBr)c([N+](=O)[O-])c2)N1[O]. The first-order valence-corrected chi connectivity index (χ1v) is 7.66. The van der Waals surface area contributed by atoms with Crippen LogP contribution in [0.5, 0.6) is 0 Å². The van der Waals surface area contributed by atoms with Gasteiger partial charge >= 0.3 is 0 Å². The first-order chi connectivity index (χ1) is 9.22. The third-order valence-corrected chi connectivity index (χ3v) is 4.87. The van der Waals surface area contributed by atoms with Crippen molar-refractivity contribution in [2.45, 2.75) is 50.0 Å². The van der Waals surface area contributed by atoms with Crippen LogP contribution < -0.4 is 0 Å². The normalized spacial score (nSPS) is 25.9. The van der Waals surface area contributed by atoms with Crippen LogP contribution in [0.15, 0.2) is 18.2 Å². The zero-order valence-electron chi connectivity index (χ0n) is 11.9. The zero-order chi connectivity index (χ0) is 15.1. The van der Waals surface area contributed by atoms with Crippen molar-refractivity contribution in [1.29, 1.82) is 0 Å². The van der Waals surface area contributed by atoms with Crippen LogP contribution in [0.3, 0.4) is 0 Å². The minimum Gasteiger partial charge on any atom is -0.258 e. The topological polar surface area (TPSA) is 66.3 Å². The van der Waals surface area contributed by atoms with Crippen molar-refractivity contribution in [2.75, 3.05) is 0 Å². The highest BCUT2D eigenvalue weighted by atomic mass is 79.9. The van der Waals surface area contributed by atoms with Gasteiger partial charge in [0.15, 0.2) is 0 Å². The molecule has 6 heteroatoms. The molecule has 0 bridgehead atoms. The summed E-state index contributed by atoms with van der Waals surface area (Å²) in [7, 11) is 0. The van der Waals surface area contributed by atoms with Crippen LogP contribution in [0.2, 0.25) is 0 Å². The number of nitro groups is 1. The number of nitrogens with zero attached hydrogens (tertiary/aromatic N) is 2. The molecule has 0 aromatic heterocycles. The van der Waals surface area contributed by atoms with Crippen LogP contribution in [0.25, 0.3) is 0 Å². The smallest absolute Gasteiger partial charge is 0.258 e. The summed E-state index contributed by atoms with van der Waals surface area (Å²) in [6.07, 6.45) is 1.48. The summed E-state index contributed by atoms with van der Waals surface area (Å²) in [5, 5.41) is 25.2. The van der Waals surface area contributed by atoms with E-state index in [4.69, 9.17) is 0 Å². The highest BCUT2D eigenvalue weighted by molar-refractivity contribution is 9.08. The van der Waals surface area contributed by atoms with Crippen molar-refractivity contribution in [2.24, 2.45) is 0 Å². The number of rotatable bonds is 3. The molecule has 2 rings (SSSR count). The van der Waals surface area contributed by atoms with E-state index >= 15 is 0 Å². The van der Waals surface area contributed by atoms with Crippen LogP contribution in [-0.2, 0) is 16.1 Å². The molecule has 109 valence electrons. The Morgan fingerprint density at radius 2 is 2.00 bits per heavy atom. The van der Waals surface area contributed by atoms with Gasteiger partial charge in [-0.25, -0.2) is 0 Å². The lowest BCUT2D eigenvalue weighted by molar-refractivity contribution is -0.385. The number of halogens is 1. The van der Waals surface area contributed by atoms with Gasteiger partial charge in [0.1, 0.15) is 0 Å². The van der Waals surface area contributed by atoms with E-state index in [0.29, 0.717) is 17.3 Å². The van der Waals surface area contributed by atoms with Crippen LogP contribution in [0.4, 0.5) is 5.69 Å². The fourth-order valence-electron chi connectivity index (χ4n) is 2.86. The largest absolute Gasteiger partial charge is 0.273 e. The van der Waals surface area contributed by atoms with Gasteiger partial charge < -0.3 is 0 Å². The molecule has 0 aliphatic carbocycles. The molecule has 0 amide bonds. The molecule has 20 heavy (non-hydrogen) atoms. The minimum atomic E-state index is -0.695. The van der Waals surface area contributed by atoms with E-state index < -0.39 is 16.0 Å². The predicted molar refractivity (Wildman–Crippen MR) is 78.9 cm³/mol. The Kier molecular flexibility index (Phi) is 3.92. The molecule has 1 aliphatic heterocycles. The molecule has 0 spiro atoms. The summed E-state index contributed by atoms with van der Waals surface area (Å²) in [6, 6.07) is 5.10. The molecule has 1 saturated heterocycles. The van der Waals surface area contributed by atoms with E-state index in [1.807, 2.05) is 26.8 Å². The fraction of sp³-hybridized carbons (Fsp3) is 0.571. The maximum Gasteiger partial charge on any atom is 0.273 e. The second-order valence-corrected chi connectivity index (χ2v) is 6.68. The number of alkyl halides is 1. The van der Waals surface area contributed by atoms with E-state index in [9.17, 15) is 15.3 Å². The van der Waals surface area contributed by atoms with E-state index in [0.717, 1.165) is 17.0 Å². The second-order valence-electron chi connectivity index (χ2n) is 6.11. The molecule has 1 heterocycles. The zero-order valence-corrected chi connectivity index (χ0v) is 13.4. The number of hydroxylamine groups is 2. The van der Waals surface area contributed by atoms with Crippen molar-refractivity contribution < 1.29 is 10.1 Å². The molecule has 1 unspecified atom stereocenters. The Bertz CT molecular complexity index is 547. The van der Waals surface area contributed by atoms with Crippen molar-refractivity contribution in [3.63, 3.8) is 0 Å². The maximum absolute atomic E-state index is 12.5. The van der Waals surface area contributed by atoms with Crippen molar-refractivity contribution in [3.05, 3.63) is 39.4 Å². The van der Waals surface area contributed by atoms with Crippen molar-refractivity contribution >= 4 is 21.6 Å². The highest BCUT2D eigenvalue weighted by Crippen LogP contribution is 2.46. The third kappa shape index (κ3) is 2.36. The molecule has 5 nitrogen and oxygen atoms in total. The fourth-order valence-corrected chi connectivity index (χ4v) is 3.34. The average Bonchev–Trinajstić information content (AvgIpc) is 2.63. The molecular formula is C14H18BrN2O3. The van der Waals surface area contributed by atoms with Gasteiger partial charge in [-0.2, -0.15) is 0 Å². The summed E-state index contributed by atoms with van der Waals surface area (Å²) in [5.74, 6) is 0. The van der Waals surface area contributed by atoms with Crippen LogP contribution in [0, 0.1) is 10.1 Å². The van der Waals surface area contributed by atoms with Gasteiger partial charge in [0, 0.05) is 22.5 Å². The van der Waals surface area contributed by atoms with Crippen molar-refractivity contribution in [3.8, 4) is 0 Å². The number of nitro benzene ring substituents is 1. The number of hydrogen-bond acceptors (Lipinski definition) is 3. The first-order valence-electron chi connectivity index (χ1n) is 6.53. The van der Waals surface area contributed by atoms with Crippen LogP contribution in [-0.4, -0.2) is 15.5 Å². The number of hydrogen-bond donors (Lipinski definition) is 0. The van der Waals surface area contributed by atoms with Crippen LogP contribution >= 0.6 is 15.9 Å². The molecular weight excluding hydrogens is 324 g/mol. The predicted octanol–water partition coefficient (Wildman–Crippen LogP) is 3.92. The van der Waals surface area contributed by atoms with E-state index in [1.54, 1.807) is 12.1 Å². The highest BCUT2D eigenvalue weighted by Gasteiger charge is 2.49. The molecule has 1 aromatic rings. The van der Waals surface area contributed by atoms with Crippen molar-refractivity contribution in [1.82, 2.24) is 5.06 Å². The first kappa shape index (κ1) is 15.4. The third-order valence-electron chi connectivity index (χ3n) is 4.27. The summed E-state index contributed by atoms with van der Waals surface area (Å²) in [6.45, 7) is 5.68. The van der Waals surface area contributed by atoms with Gasteiger partial charge in [-0.05, 0) is 39.2 Å². The second kappa shape index (κ2) is 5.09. The summed E-state index contributed by atoms with van der Waals surface area (Å²) < 4.78 is 0. The molecule has 1 aliphatic rings. The maximum atomic E-state index is 12.5. The quantitative estimate of drug-likeness (QED) is 0.475. The van der Waals surface area contributed by atoms with Gasteiger partial charge in [0.05, 0.1) is 10.5 Å². The average molecular weight is 342 g/mol. The lowest BCUT2D eigenvalue weighted by Gasteiger charge is -2.35. The van der Waals surface area contributed by atoms with Gasteiger partial charge in [-0.1, -0.05) is 28.1 Å². The Morgan fingerprint density at radius 3 is 2.45 bits per heavy atom. The van der Waals surface area contributed by atoms with Crippen LogP contribution in [0.1, 0.15) is 44.7 Å². The van der Waals surface area contributed by atoms with E-state index in [1.165, 1.54) is 0 Å². The summed E-state index contributed by atoms with van der Waals surface area (Å²) in [5.41, 5.74) is 0.279. The Labute approximate surface area is 126 Å². The lowest BCUT2D eigenvalue weighted by atomic mass is 9.89. The Hall–Kier alpha value is -0.980. The number of benzene rings is 1. The molecule has 1 aromatic carbocycles. The molecule has 1 atom stereocenters. The van der Waals surface area contributed by atoms with Gasteiger partial charge in [0.2, 0.25) is 0 Å².